The molecular weight excluding hydrogens is 266 g/mol. The summed E-state index contributed by atoms with van der Waals surface area (Å²) < 4.78 is 5.33. The van der Waals surface area contributed by atoms with Crippen molar-refractivity contribution in [3.63, 3.8) is 0 Å². The lowest BCUT2D eigenvalue weighted by Crippen LogP contribution is -2.05. The molecule has 0 saturated carbocycles. The molecule has 2 rings (SSSR count). The molecule has 0 aliphatic rings. The Labute approximate surface area is 112 Å². The topological polar surface area (TPSA) is 115 Å². The zero-order chi connectivity index (χ0) is 14.7. The molecule has 0 atom stereocenters. The number of nitrogens with zero attached hydrogens (tertiary/aromatic N) is 3. The van der Waals surface area contributed by atoms with Crippen molar-refractivity contribution in [2.24, 2.45) is 0 Å². The molecular formula is C12H9N3O5. The molecule has 20 heavy (non-hydrogen) atoms. The van der Waals surface area contributed by atoms with Gasteiger partial charge in [-0.15, -0.1) is 0 Å². The summed E-state index contributed by atoms with van der Waals surface area (Å²) in [6.07, 6.45) is 2.49. The van der Waals surface area contributed by atoms with Crippen molar-refractivity contribution >= 4 is 11.7 Å². The third kappa shape index (κ3) is 2.53. The van der Waals surface area contributed by atoms with E-state index in [4.69, 9.17) is 9.84 Å². The summed E-state index contributed by atoms with van der Waals surface area (Å²) in [4.78, 5) is 28.7. The fourth-order valence-corrected chi connectivity index (χ4v) is 1.56. The summed E-state index contributed by atoms with van der Waals surface area (Å²) >= 11 is 0. The normalized spacial score (nSPS) is 10.1. The fraction of sp³-hybridized carbons (Fsp3) is 0.0833. The molecule has 8 heteroatoms. The average Bonchev–Trinajstić information content (AvgIpc) is 2.41. The van der Waals surface area contributed by atoms with Gasteiger partial charge in [-0.2, -0.15) is 0 Å². The number of benzene rings is 1. The Morgan fingerprint density at radius 2 is 2.05 bits per heavy atom. The summed E-state index contributed by atoms with van der Waals surface area (Å²) in [6, 6.07) is 4.26. The first-order valence-corrected chi connectivity index (χ1v) is 5.47. The summed E-state index contributed by atoms with van der Waals surface area (Å²) in [5, 5.41) is 19.8. The van der Waals surface area contributed by atoms with Gasteiger partial charge >= 0.3 is 5.97 Å². The summed E-state index contributed by atoms with van der Waals surface area (Å²) in [7, 11) is 0. The molecule has 1 heterocycles. The summed E-state index contributed by atoms with van der Waals surface area (Å²) in [6.45, 7) is 1.50. The quantitative estimate of drug-likeness (QED) is 0.671. The maximum Gasteiger partial charge on any atom is 0.360 e. The van der Waals surface area contributed by atoms with Crippen LogP contribution in [0.25, 0.3) is 0 Å². The van der Waals surface area contributed by atoms with E-state index in [1.807, 2.05) is 0 Å². The zero-order valence-corrected chi connectivity index (χ0v) is 10.3. The molecule has 0 bridgehead atoms. The first-order valence-electron chi connectivity index (χ1n) is 5.47. The van der Waals surface area contributed by atoms with E-state index in [1.165, 1.54) is 37.5 Å². The van der Waals surface area contributed by atoms with Crippen molar-refractivity contribution in [3.05, 3.63) is 52.0 Å². The Bertz CT molecular complexity index is 687. The third-order valence-electron chi connectivity index (χ3n) is 2.53. The van der Waals surface area contributed by atoms with E-state index in [0.717, 1.165) is 0 Å². The van der Waals surface area contributed by atoms with Crippen LogP contribution in [-0.4, -0.2) is 26.0 Å². The van der Waals surface area contributed by atoms with Crippen LogP contribution < -0.4 is 4.74 Å². The van der Waals surface area contributed by atoms with Gasteiger partial charge in [-0.25, -0.2) is 14.8 Å². The van der Waals surface area contributed by atoms with Gasteiger partial charge in [0.05, 0.1) is 10.5 Å². The summed E-state index contributed by atoms with van der Waals surface area (Å²) in [5.74, 6) is -1.36. The van der Waals surface area contributed by atoms with Crippen LogP contribution in [0.15, 0.2) is 30.6 Å². The minimum absolute atomic E-state index is 0.122. The zero-order valence-electron chi connectivity index (χ0n) is 10.3. The number of carbonyl (C=O) groups is 1. The van der Waals surface area contributed by atoms with Gasteiger partial charge in [0.1, 0.15) is 5.75 Å². The van der Waals surface area contributed by atoms with Crippen LogP contribution in [0, 0.1) is 17.0 Å². The Kier molecular flexibility index (Phi) is 3.56. The number of nitro groups is 1. The van der Waals surface area contributed by atoms with Crippen molar-refractivity contribution in [1.29, 1.82) is 0 Å². The molecule has 102 valence electrons. The van der Waals surface area contributed by atoms with Crippen LogP contribution in [0.3, 0.4) is 0 Å². The number of carboxylic acid groups (broad SMARTS) is 1. The van der Waals surface area contributed by atoms with Gasteiger partial charge in [0.15, 0.2) is 0 Å². The van der Waals surface area contributed by atoms with E-state index >= 15 is 0 Å². The lowest BCUT2D eigenvalue weighted by molar-refractivity contribution is -0.385. The highest BCUT2D eigenvalue weighted by Crippen LogP contribution is 2.30. The predicted molar refractivity (Wildman–Crippen MR) is 66.9 cm³/mol. The number of hydrogen-bond acceptors (Lipinski definition) is 6. The van der Waals surface area contributed by atoms with Gasteiger partial charge in [-0.05, 0) is 13.0 Å². The van der Waals surface area contributed by atoms with Crippen molar-refractivity contribution in [2.45, 2.75) is 6.92 Å². The van der Waals surface area contributed by atoms with E-state index in [-0.39, 0.29) is 28.6 Å². The largest absolute Gasteiger partial charge is 0.476 e. The second-order valence-electron chi connectivity index (χ2n) is 3.77. The molecule has 1 N–H and O–H groups in total. The van der Waals surface area contributed by atoms with Gasteiger partial charge in [0.25, 0.3) is 11.6 Å². The second-order valence-corrected chi connectivity index (χ2v) is 3.77. The number of rotatable bonds is 4. The minimum atomic E-state index is -1.30. The Morgan fingerprint density at radius 1 is 1.35 bits per heavy atom. The van der Waals surface area contributed by atoms with Crippen molar-refractivity contribution in [1.82, 2.24) is 9.97 Å². The van der Waals surface area contributed by atoms with Crippen LogP contribution in [0.2, 0.25) is 0 Å². The lowest BCUT2D eigenvalue weighted by atomic mass is 10.2. The second kappa shape index (κ2) is 5.31. The van der Waals surface area contributed by atoms with Gasteiger partial charge < -0.3 is 9.84 Å². The molecule has 0 unspecified atom stereocenters. The Morgan fingerprint density at radius 3 is 2.70 bits per heavy atom. The standard InChI is InChI=1S/C12H9N3O5/c1-7-8(15(18)19)3-2-4-9(7)20-11-10(12(16)17)13-5-6-14-11/h2-6H,1H3,(H,16,17). The molecule has 0 amide bonds. The maximum atomic E-state index is 11.0. The van der Waals surface area contributed by atoms with Crippen molar-refractivity contribution in [3.8, 4) is 11.6 Å². The highest BCUT2D eigenvalue weighted by molar-refractivity contribution is 5.87. The number of ether oxygens (including phenoxy) is 1. The van der Waals surface area contributed by atoms with Crippen LogP contribution in [0.4, 0.5) is 5.69 Å². The van der Waals surface area contributed by atoms with Gasteiger partial charge in [0.2, 0.25) is 5.69 Å². The average molecular weight is 275 g/mol. The SMILES string of the molecule is Cc1c(Oc2nccnc2C(=O)O)cccc1[N+](=O)[O-]. The molecule has 0 saturated heterocycles. The van der Waals surface area contributed by atoms with E-state index in [0.29, 0.717) is 0 Å². The Balaban J connectivity index is 2.43. The lowest BCUT2D eigenvalue weighted by Gasteiger charge is -2.08. The number of carboxylic acids is 1. The van der Waals surface area contributed by atoms with Crippen LogP contribution in [0.5, 0.6) is 11.6 Å². The van der Waals surface area contributed by atoms with Crippen LogP contribution >= 0.6 is 0 Å². The number of nitro benzene ring substituents is 1. The van der Waals surface area contributed by atoms with E-state index in [1.54, 1.807) is 0 Å². The molecule has 0 spiro atoms. The van der Waals surface area contributed by atoms with E-state index in [9.17, 15) is 14.9 Å². The molecule has 0 aliphatic heterocycles. The highest BCUT2D eigenvalue weighted by atomic mass is 16.6. The Hall–Kier alpha value is -3.03. The third-order valence-corrected chi connectivity index (χ3v) is 2.53. The van der Waals surface area contributed by atoms with Crippen molar-refractivity contribution < 1.29 is 19.6 Å². The van der Waals surface area contributed by atoms with Gasteiger partial charge in [-0.3, -0.25) is 10.1 Å². The maximum absolute atomic E-state index is 11.0. The van der Waals surface area contributed by atoms with Crippen LogP contribution in [-0.2, 0) is 0 Å². The molecule has 0 fully saturated rings. The van der Waals surface area contributed by atoms with E-state index in [2.05, 4.69) is 9.97 Å². The van der Waals surface area contributed by atoms with Gasteiger partial charge in [-0.1, -0.05) is 6.07 Å². The molecule has 1 aromatic carbocycles. The molecule has 0 radical (unpaired) electrons. The van der Waals surface area contributed by atoms with Crippen LogP contribution in [0.1, 0.15) is 16.1 Å². The minimum Gasteiger partial charge on any atom is -0.476 e. The number of hydrogen-bond donors (Lipinski definition) is 1. The summed E-state index contributed by atoms with van der Waals surface area (Å²) in [5.41, 5.74) is -0.207. The molecule has 0 aliphatic carbocycles. The number of aromatic carboxylic acids is 1. The molecule has 1 aromatic heterocycles. The smallest absolute Gasteiger partial charge is 0.360 e. The molecule has 2 aromatic rings. The fourth-order valence-electron chi connectivity index (χ4n) is 1.56. The number of aromatic nitrogens is 2. The monoisotopic (exact) mass is 275 g/mol. The highest BCUT2D eigenvalue weighted by Gasteiger charge is 2.19. The molecule has 8 nitrogen and oxygen atoms in total. The predicted octanol–water partition coefficient (Wildman–Crippen LogP) is 2.18. The first-order chi connectivity index (χ1) is 9.50. The van der Waals surface area contributed by atoms with Gasteiger partial charge in [0, 0.05) is 18.5 Å². The van der Waals surface area contributed by atoms with Crippen molar-refractivity contribution in [2.75, 3.05) is 0 Å². The first kappa shape index (κ1) is 13.4. The van der Waals surface area contributed by atoms with E-state index < -0.39 is 10.9 Å².